The van der Waals surface area contributed by atoms with Crippen LogP contribution in [0.15, 0.2) is 18.2 Å². The third kappa shape index (κ3) is 3.28. The van der Waals surface area contributed by atoms with Gasteiger partial charge in [-0.15, -0.1) is 0 Å². The van der Waals surface area contributed by atoms with Gasteiger partial charge in [0.05, 0.1) is 6.61 Å². The highest BCUT2D eigenvalue weighted by atomic mass is 35.5. The first kappa shape index (κ1) is 14.4. The van der Waals surface area contributed by atoms with Gasteiger partial charge in [0, 0.05) is 22.5 Å². The van der Waals surface area contributed by atoms with Crippen molar-refractivity contribution in [3.63, 3.8) is 0 Å². The molecular formula is C15H20ClNO2. The summed E-state index contributed by atoms with van der Waals surface area (Å²) in [5.41, 5.74) is 1.40. The number of amides is 1. The molecular weight excluding hydrogens is 262 g/mol. The second-order valence-electron chi connectivity index (χ2n) is 5.51. The Morgan fingerprint density at radius 2 is 2.11 bits per heavy atom. The van der Waals surface area contributed by atoms with E-state index in [1.807, 2.05) is 6.92 Å². The van der Waals surface area contributed by atoms with Crippen LogP contribution in [0.4, 0.5) is 0 Å². The van der Waals surface area contributed by atoms with E-state index >= 15 is 0 Å². The van der Waals surface area contributed by atoms with Crippen LogP contribution in [0.2, 0.25) is 5.02 Å². The predicted molar refractivity (Wildman–Crippen MR) is 76.5 cm³/mol. The molecule has 0 unspecified atom stereocenters. The lowest BCUT2D eigenvalue weighted by molar-refractivity contribution is 0.0880. The maximum atomic E-state index is 12.1. The highest BCUT2D eigenvalue weighted by molar-refractivity contribution is 6.31. The average Bonchev–Trinajstić information content (AvgIpc) is 2.89. The second-order valence-corrected chi connectivity index (χ2v) is 5.92. The van der Waals surface area contributed by atoms with Gasteiger partial charge < -0.3 is 10.4 Å². The van der Waals surface area contributed by atoms with E-state index in [9.17, 15) is 9.90 Å². The summed E-state index contributed by atoms with van der Waals surface area (Å²) in [5.74, 6) is -0.0977. The number of aryl methyl sites for hydroxylation is 1. The Kier molecular flexibility index (Phi) is 4.48. The Hall–Kier alpha value is -1.06. The van der Waals surface area contributed by atoms with Gasteiger partial charge in [0.2, 0.25) is 0 Å². The number of benzene rings is 1. The van der Waals surface area contributed by atoms with E-state index in [0.717, 1.165) is 31.2 Å². The lowest BCUT2D eigenvalue weighted by Gasteiger charge is -2.26. The summed E-state index contributed by atoms with van der Waals surface area (Å²) in [7, 11) is 0. The monoisotopic (exact) mass is 281 g/mol. The highest BCUT2D eigenvalue weighted by Crippen LogP contribution is 2.36. The van der Waals surface area contributed by atoms with Gasteiger partial charge >= 0.3 is 0 Å². The maximum Gasteiger partial charge on any atom is 0.251 e. The zero-order chi connectivity index (χ0) is 13.9. The molecule has 1 aromatic carbocycles. The van der Waals surface area contributed by atoms with E-state index in [1.165, 1.54) is 0 Å². The van der Waals surface area contributed by atoms with Crippen molar-refractivity contribution < 1.29 is 9.90 Å². The summed E-state index contributed by atoms with van der Waals surface area (Å²) < 4.78 is 0. The molecule has 2 rings (SSSR count). The van der Waals surface area contributed by atoms with Crippen LogP contribution in [-0.4, -0.2) is 24.2 Å². The van der Waals surface area contributed by atoms with Crippen molar-refractivity contribution in [1.82, 2.24) is 5.32 Å². The van der Waals surface area contributed by atoms with Crippen LogP contribution in [-0.2, 0) is 0 Å². The molecule has 2 N–H and O–H groups in total. The maximum absolute atomic E-state index is 12.1. The molecule has 0 radical (unpaired) electrons. The Morgan fingerprint density at radius 1 is 1.42 bits per heavy atom. The molecule has 3 nitrogen and oxygen atoms in total. The summed E-state index contributed by atoms with van der Waals surface area (Å²) in [5, 5.41) is 13.1. The largest absolute Gasteiger partial charge is 0.396 e. The number of carbonyl (C=O) groups is 1. The molecule has 0 atom stereocenters. The van der Waals surface area contributed by atoms with Crippen molar-refractivity contribution >= 4 is 17.5 Å². The molecule has 1 aromatic rings. The smallest absolute Gasteiger partial charge is 0.251 e. The number of rotatable bonds is 4. The molecule has 0 saturated heterocycles. The SMILES string of the molecule is Cc1cc(C(=O)NCC2(CO)CCCC2)ccc1Cl. The summed E-state index contributed by atoms with van der Waals surface area (Å²) in [4.78, 5) is 12.1. The second kappa shape index (κ2) is 5.93. The fraction of sp³-hybridized carbons (Fsp3) is 0.533. The van der Waals surface area contributed by atoms with E-state index in [4.69, 9.17) is 11.6 Å². The molecule has 1 aliphatic carbocycles. The molecule has 1 aliphatic rings. The van der Waals surface area contributed by atoms with Crippen LogP contribution in [0.25, 0.3) is 0 Å². The fourth-order valence-corrected chi connectivity index (χ4v) is 2.79. The topological polar surface area (TPSA) is 49.3 Å². The van der Waals surface area contributed by atoms with E-state index < -0.39 is 0 Å². The molecule has 0 heterocycles. The minimum Gasteiger partial charge on any atom is -0.396 e. The van der Waals surface area contributed by atoms with E-state index in [0.29, 0.717) is 17.1 Å². The molecule has 0 spiro atoms. The van der Waals surface area contributed by atoms with Gasteiger partial charge in [-0.1, -0.05) is 24.4 Å². The minimum atomic E-state index is -0.114. The Morgan fingerprint density at radius 3 is 2.68 bits per heavy atom. The Balaban J connectivity index is 1.99. The van der Waals surface area contributed by atoms with Crippen LogP contribution in [0, 0.1) is 12.3 Å². The first-order valence-electron chi connectivity index (χ1n) is 6.72. The van der Waals surface area contributed by atoms with Crippen molar-refractivity contribution in [1.29, 1.82) is 0 Å². The molecule has 0 aliphatic heterocycles. The number of carbonyl (C=O) groups excluding carboxylic acids is 1. The quantitative estimate of drug-likeness (QED) is 0.891. The molecule has 104 valence electrons. The number of hydrogen-bond donors (Lipinski definition) is 2. The van der Waals surface area contributed by atoms with Crippen molar-refractivity contribution in [3.05, 3.63) is 34.3 Å². The standard InChI is InChI=1S/C15H20ClNO2/c1-11-8-12(4-5-13(11)16)14(19)17-9-15(10-18)6-2-3-7-15/h4-5,8,18H,2-3,6-7,9-10H2,1H3,(H,17,19). The van der Waals surface area contributed by atoms with Crippen LogP contribution >= 0.6 is 11.6 Å². The van der Waals surface area contributed by atoms with Gasteiger partial charge in [-0.05, 0) is 43.5 Å². The lowest BCUT2D eigenvalue weighted by atomic mass is 9.87. The van der Waals surface area contributed by atoms with Crippen LogP contribution in [0.1, 0.15) is 41.6 Å². The van der Waals surface area contributed by atoms with E-state index in [-0.39, 0.29) is 17.9 Å². The molecule has 4 heteroatoms. The van der Waals surface area contributed by atoms with E-state index in [1.54, 1.807) is 18.2 Å². The Labute approximate surface area is 119 Å². The summed E-state index contributed by atoms with van der Waals surface area (Å²) in [6, 6.07) is 5.26. The number of aliphatic hydroxyl groups is 1. The third-order valence-electron chi connectivity index (χ3n) is 4.04. The van der Waals surface area contributed by atoms with Crippen LogP contribution in [0.3, 0.4) is 0 Å². The average molecular weight is 282 g/mol. The predicted octanol–water partition coefficient (Wildman–Crippen LogP) is 2.93. The van der Waals surface area contributed by atoms with Gasteiger partial charge in [-0.2, -0.15) is 0 Å². The van der Waals surface area contributed by atoms with Gasteiger partial charge in [0.15, 0.2) is 0 Å². The number of aliphatic hydroxyl groups excluding tert-OH is 1. The summed E-state index contributed by atoms with van der Waals surface area (Å²) >= 11 is 5.95. The van der Waals surface area contributed by atoms with Gasteiger partial charge in [-0.25, -0.2) is 0 Å². The van der Waals surface area contributed by atoms with Crippen LogP contribution in [0.5, 0.6) is 0 Å². The van der Waals surface area contributed by atoms with Crippen molar-refractivity contribution in [3.8, 4) is 0 Å². The third-order valence-corrected chi connectivity index (χ3v) is 4.47. The number of hydrogen-bond acceptors (Lipinski definition) is 2. The minimum absolute atomic E-state index is 0.0977. The molecule has 0 aromatic heterocycles. The summed E-state index contributed by atoms with van der Waals surface area (Å²) in [6.07, 6.45) is 4.25. The molecule has 1 amide bonds. The van der Waals surface area contributed by atoms with Gasteiger partial charge in [0.25, 0.3) is 5.91 Å². The first-order valence-corrected chi connectivity index (χ1v) is 7.09. The zero-order valence-corrected chi connectivity index (χ0v) is 12.0. The van der Waals surface area contributed by atoms with Crippen LogP contribution < -0.4 is 5.32 Å². The first-order chi connectivity index (χ1) is 9.06. The van der Waals surface area contributed by atoms with E-state index in [2.05, 4.69) is 5.32 Å². The molecule has 1 fully saturated rings. The molecule has 1 saturated carbocycles. The fourth-order valence-electron chi connectivity index (χ4n) is 2.67. The number of nitrogens with one attached hydrogen (secondary N) is 1. The highest BCUT2D eigenvalue weighted by Gasteiger charge is 2.33. The zero-order valence-electron chi connectivity index (χ0n) is 11.2. The Bertz CT molecular complexity index is 467. The number of halogens is 1. The van der Waals surface area contributed by atoms with Gasteiger partial charge in [0.1, 0.15) is 0 Å². The normalized spacial score (nSPS) is 17.4. The molecule has 0 bridgehead atoms. The lowest BCUT2D eigenvalue weighted by Crippen LogP contribution is -2.38. The van der Waals surface area contributed by atoms with Crippen molar-refractivity contribution in [2.24, 2.45) is 5.41 Å². The van der Waals surface area contributed by atoms with Crippen molar-refractivity contribution in [2.75, 3.05) is 13.2 Å². The van der Waals surface area contributed by atoms with Crippen molar-refractivity contribution in [2.45, 2.75) is 32.6 Å². The molecule has 19 heavy (non-hydrogen) atoms. The van der Waals surface area contributed by atoms with Gasteiger partial charge in [-0.3, -0.25) is 4.79 Å². The summed E-state index contributed by atoms with van der Waals surface area (Å²) in [6.45, 7) is 2.57.